The zero-order valence-electron chi connectivity index (χ0n) is 18.0. The number of anilines is 1. The number of nitrogens with zero attached hydrogens (tertiary/aromatic N) is 1. The zero-order chi connectivity index (χ0) is 22.5. The highest BCUT2D eigenvalue weighted by Gasteiger charge is 2.38. The first-order valence-corrected chi connectivity index (χ1v) is 10.7. The van der Waals surface area contributed by atoms with Gasteiger partial charge < -0.3 is 20.3 Å². The van der Waals surface area contributed by atoms with Gasteiger partial charge in [0.1, 0.15) is 17.2 Å². The molecule has 2 N–H and O–H groups in total. The topological polar surface area (TPSA) is 70.7 Å². The lowest BCUT2D eigenvalue weighted by Gasteiger charge is -2.27. The molecule has 0 saturated carbocycles. The van der Waals surface area contributed by atoms with Crippen molar-refractivity contribution < 1.29 is 18.7 Å². The fraction of sp³-hybridized carbons (Fsp3) is 0.280. The van der Waals surface area contributed by atoms with Crippen molar-refractivity contribution in [2.45, 2.75) is 19.4 Å². The van der Waals surface area contributed by atoms with Crippen molar-refractivity contribution in [3.8, 4) is 0 Å². The van der Waals surface area contributed by atoms with E-state index in [-0.39, 0.29) is 11.8 Å². The van der Waals surface area contributed by atoms with E-state index in [2.05, 4.69) is 10.6 Å². The molecule has 0 aliphatic carbocycles. The Labute approximate surface area is 185 Å². The van der Waals surface area contributed by atoms with Crippen LogP contribution in [0.3, 0.4) is 0 Å². The van der Waals surface area contributed by atoms with E-state index >= 15 is 0 Å². The number of ether oxygens (including phenoxy) is 1. The minimum absolute atomic E-state index is 0.0308. The van der Waals surface area contributed by atoms with Crippen LogP contribution in [0.2, 0.25) is 0 Å². The normalized spacial score (nSPS) is 21.7. The van der Waals surface area contributed by atoms with E-state index in [1.807, 2.05) is 49.1 Å². The van der Waals surface area contributed by atoms with Crippen molar-refractivity contribution in [1.29, 1.82) is 0 Å². The maximum absolute atomic E-state index is 13.6. The molecule has 2 aromatic rings. The molecule has 3 aliphatic heterocycles. The number of fused-ring (bicyclic) bond motifs is 1. The lowest BCUT2D eigenvalue weighted by atomic mass is 9.91. The molecule has 6 nitrogen and oxygen atoms in total. The van der Waals surface area contributed by atoms with Gasteiger partial charge in [0.15, 0.2) is 0 Å². The second-order valence-electron chi connectivity index (χ2n) is 8.67. The van der Waals surface area contributed by atoms with E-state index in [9.17, 15) is 14.0 Å². The van der Waals surface area contributed by atoms with Crippen molar-refractivity contribution in [1.82, 2.24) is 10.2 Å². The SMILES string of the molecule is CC1(C)OC(=C2C(=O)Nc3cc(F)ccc32)C=C1c1ccc(C(=O)N2CCNCC2)cc1. The maximum atomic E-state index is 13.6. The largest absolute Gasteiger partial charge is 0.482 e. The number of allylic oxidation sites excluding steroid dienone is 1. The van der Waals surface area contributed by atoms with E-state index in [0.717, 1.165) is 24.2 Å². The van der Waals surface area contributed by atoms with Gasteiger partial charge in [0.05, 0.1) is 11.3 Å². The number of hydrogen-bond acceptors (Lipinski definition) is 4. The molecular formula is C25H24FN3O3. The summed E-state index contributed by atoms with van der Waals surface area (Å²) >= 11 is 0. The molecule has 5 rings (SSSR count). The van der Waals surface area contributed by atoms with Gasteiger partial charge in [-0.2, -0.15) is 0 Å². The zero-order valence-corrected chi connectivity index (χ0v) is 18.0. The van der Waals surface area contributed by atoms with Gasteiger partial charge in [0, 0.05) is 42.9 Å². The lowest BCUT2D eigenvalue weighted by Crippen LogP contribution is -2.46. The van der Waals surface area contributed by atoms with Crippen LogP contribution >= 0.6 is 0 Å². The third-order valence-corrected chi connectivity index (χ3v) is 6.11. The molecule has 0 radical (unpaired) electrons. The average molecular weight is 433 g/mol. The molecule has 7 heteroatoms. The summed E-state index contributed by atoms with van der Waals surface area (Å²) in [5, 5.41) is 5.95. The van der Waals surface area contributed by atoms with Crippen molar-refractivity contribution in [2.75, 3.05) is 31.5 Å². The number of amides is 2. The summed E-state index contributed by atoms with van der Waals surface area (Å²) in [5.74, 6) is -0.238. The van der Waals surface area contributed by atoms with E-state index < -0.39 is 11.4 Å². The number of benzene rings is 2. The molecule has 1 saturated heterocycles. The van der Waals surface area contributed by atoms with Gasteiger partial charge in [-0.15, -0.1) is 0 Å². The average Bonchev–Trinajstić information content (AvgIpc) is 3.28. The Morgan fingerprint density at radius 3 is 2.53 bits per heavy atom. The van der Waals surface area contributed by atoms with Crippen molar-refractivity contribution in [2.24, 2.45) is 0 Å². The summed E-state index contributed by atoms with van der Waals surface area (Å²) in [6.45, 7) is 6.90. The number of rotatable bonds is 2. The van der Waals surface area contributed by atoms with Gasteiger partial charge >= 0.3 is 0 Å². The summed E-state index contributed by atoms with van der Waals surface area (Å²) < 4.78 is 19.7. The van der Waals surface area contributed by atoms with Crippen LogP contribution in [0.5, 0.6) is 0 Å². The number of carbonyl (C=O) groups excluding carboxylic acids is 2. The molecule has 2 amide bonds. The fourth-order valence-corrected chi connectivity index (χ4v) is 4.45. The van der Waals surface area contributed by atoms with Crippen molar-refractivity contribution >= 4 is 28.6 Å². The highest BCUT2D eigenvalue weighted by atomic mass is 19.1. The van der Waals surface area contributed by atoms with Crippen LogP contribution in [0.4, 0.5) is 10.1 Å². The molecule has 2 aromatic carbocycles. The van der Waals surface area contributed by atoms with Crippen LogP contribution in [0.25, 0.3) is 11.1 Å². The van der Waals surface area contributed by atoms with Crippen LogP contribution in [0.15, 0.2) is 54.3 Å². The van der Waals surface area contributed by atoms with Crippen LogP contribution in [-0.4, -0.2) is 48.5 Å². The number of halogens is 1. The summed E-state index contributed by atoms with van der Waals surface area (Å²) in [7, 11) is 0. The first kappa shape index (κ1) is 20.5. The summed E-state index contributed by atoms with van der Waals surface area (Å²) in [6, 6.07) is 11.7. The van der Waals surface area contributed by atoms with Gasteiger partial charge in [0.2, 0.25) is 0 Å². The third-order valence-electron chi connectivity index (χ3n) is 6.11. The predicted molar refractivity (Wildman–Crippen MR) is 120 cm³/mol. The molecule has 0 spiro atoms. The standard InChI is InChI=1S/C25H24FN3O3/c1-25(2)19(15-3-5-16(6-4-15)24(31)29-11-9-27-10-12-29)14-21(32-25)22-18-8-7-17(26)13-20(18)28-23(22)30/h3-8,13-14,27H,9-12H2,1-2H3,(H,28,30). The number of hydrogen-bond donors (Lipinski definition) is 2. The third kappa shape index (κ3) is 3.48. The molecule has 3 aliphatic rings. The van der Waals surface area contributed by atoms with Crippen molar-refractivity contribution in [3.63, 3.8) is 0 Å². The van der Waals surface area contributed by atoms with Gasteiger partial charge in [-0.05, 0) is 55.8 Å². The Morgan fingerprint density at radius 2 is 1.81 bits per heavy atom. The van der Waals surface area contributed by atoms with Crippen molar-refractivity contribution in [3.05, 3.63) is 76.8 Å². The summed E-state index contributed by atoms with van der Waals surface area (Å²) in [5.41, 5.74) is 3.26. The molecule has 164 valence electrons. The predicted octanol–water partition coefficient (Wildman–Crippen LogP) is 3.43. The molecule has 0 unspecified atom stereocenters. The van der Waals surface area contributed by atoms with E-state index in [1.54, 1.807) is 6.07 Å². The molecule has 3 heterocycles. The Hall–Kier alpha value is -3.45. The minimum atomic E-state index is -0.671. The summed E-state index contributed by atoms with van der Waals surface area (Å²) in [4.78, 5) is 27.2. The Morgan fingerprint density at radius 1 is 1.09 bits per heavy atom. The fourth-order valence-electron chi connectivity index (χ4n) is 4.45. The molecule has 0 bridgehead atoms. The van der Waals surface area contributed by atoms with Gasteiger partial charge in [-0.3, -0.25) is 9.59 Å². The van der Waals surface area contributed by atoms with Gasteiger partial charge in [-0.1, -0.05) is 12.1 Å². The second-order valence-corrected chi connectivity index (χ2v) is 8.67. The molecule has 0 aromatic heterocycles. The second kappa shape index (κ2) is 7.60. The first-order valence-electron chi connectivity index (χ1n) is 10.7. The monoisotopic (exact) mass is 433 g/mol. The molecule has 32 heavy (non-hydrogen) atoms. The van der Waals surface area contributed by atoms with E-state index in [0.29, 0.717) is 41.2 Å². The number of carbonyl (C=O) groups is 2. The smallest absolute Gasteiger partial charge is 0.260 e. The Balaban J connectivity index is 1.47. The lowest BCUT2D eigenvalue weighted by molar-refractivity contribution is -0.111. The number of piperazine rings is 1. The highest BCUT2D eigenvalue weighted by Crippen LogP contribution is 2.44. The van der Waals surface area contributed by atoms with E-state index in [1.165, 1.54) is 12.1 Å². The van der Waals surface area contributed by atoms with Crippen LogP contribution in [0, 0.1) is 5.82 Å². The first-order chi connectivity index (χ1) is 15.3. The number of nitrogens with one attached hydrogen (secondary N) is 2. The Bertz CT molecular complexity index is 1180. The van der Waals surface area contributed by atoms with E-state index in [4.69, 9.17) is 4.74 Å². The molecule has 0 atom stereocenters. The minimum Gasteiger partial charge on any atom is -0.482 e. The van der Waals surface area contributed by atoms with Crippen LogP contribution < -0.4 is 10.6 Å². The van der Waals surface area contributed by atoms with Gasteiger partial charge in [0.25, 0.3) is 11.8 Å². The maximum Gasteiger partial charge on any atom is 0.260 e. The highest BCUT2D eigenvalue weighted by molar-refractivity contribution is 6.32. The molecular weight excluding hydrogens is 409 g/mol. The van der Waals surface area contributed by atoms with Crippen LogP contribution in [-0.2, 0) is 9.53 Å². The van der Waals surface area contributed by atoms with Crippen LogP contribution in [0.1, 0.15) is 35.3 Å². The Kier molecular flexibility index (Phi) is 4.86. The van der Waals surface area contributed by atoms with Gasteiger partial charge in [-0.25, -0.2) is 4.39 Å². The summed E-state index contributed by atoms with van der Waals surface area (Å²) in [6.07, 6.45) is 1.86. The quantitative estimate of drug-likeness (QED) is 0.712. The molecule has 1 fully saturated rings.